The summed E-state index contributed by atoms with van der Waals surface area (Å²) in [6.45, 7) is 5.63. The van der Waals surface area contributed by atoms with Crippen molar-refractivity contribution >= 4 is 16.8 Å². The predicted octanol–water partition coefficient (Wildman–Crippen LogP) is 2.95. The molecule has 3 rings (SSSR count). The highest BCUT2D eigenvalue weighted by atomic mass is 32.2. The van der Waals surface area contributed by atoms with Crippen molar-refractivity contribution in [3.63, 3.8) is 0 Å². The number of hydrogen-bond acceptors (Lipinski definition) is 5. The number of unbranched alkanes of at least 4 members (excludes halogenated alkanes) is 1. The quantitative estimate of drug-likeness (QED) is 0.215. The van der Waals surface area contributed by atoms with Gasteiger partial charge in [0.1, 0.15) is 6.10 Å². The van der Waals surface area contributed by atoms with Crippen molar-refractivity contribution in [2.24, 2.45) is 0 Å². The van der Waals surface area contributed by atoms with E-state index >= 15 is 0 Å². The third-order valence-corrected chi connectivity index (χ3v) is 9.65. The summed E-state index contributed by atoms with van der Waals surface area (Å²) in [6, 6.07) is 14.9. The number of benzene rings is 2. The summed E-state index contributed by atoms with van der Waals surface area (Å²) < 4.78 is 0. The first kappa shape index (κ1) is 28.7. The fourth-order valence-corrected chi connectivity index (χ4v) is 7.25. The maximum Gasteiger partial charge on any atom is 0.220 e. The molecule has 1 heterocycles. The molecule has 2 aromatic carbocycles. The van der Waals surface area contributed by atoms with E-state index in [9.17, 15) is 25.2 Å². The van der Waals surface area contributed by atoms with Gasteiger partial charge in [-0.3, -0.25) is 4.79 Å². The Kier molecular flexibility index (Phi) is 10.0. The zero-order valence-electron chi connectivity index (χ0n) is 21.9. The van der Waals surface area contributed by atoms with Gasteiger partial charge in [0.05, 0.1) is 24.4 Å². The lowest BCUT2D eigenvalue weighted by Crippen LogP contribution is -2.47. The summed E-state index contributed by atoms with van der Waals surface area (Å²) in [5.41, 5.74) is 5.30. The Bertz CT molecular complexity index is 1010. The zero-order valence-corrected chi connectivity index (χ0v) is 22.8. The van der Waals surface area contributed by atoms with Crippen LogP contribution < -0.4 is 5.32 Å². The van der Waals surface area contributed by atoms with Gasteiger partial charge in [-0.1, -0.05) is 42.5 Å². The van der Waals surface area contributed by atoms with E-state index in [4.69, 9.17) is 0 Å². The Morgan fingerprint density at radius 2 is 1.69 bits per heavy atom. The molecular formula is C29H43NO5S. The summed E-state index contributed by atoms with van der Waals surface area (Å²) >= 11 is 0. The highest BCUT2D eigenvalue weighted by Gasteiger charge is 2.40. The van der Waals surface area contributed by atoms with Crippen LogP contribution in [0.4, 0.5) is 0 Å². The lowest BCUT2D eigenvalue weighted by molar-refractivity contribution is -0.123. The van der Waals surface area contributed by atoms with E-state index < -0.39 is 34.7 Å². The average Bonchev–Trinajstić information content (AvgIpc) is 2.83. The maximum absolute atomic E-state index is 12.0. The van der Waals surface area contributed by atoms with Crippen LogP contribution in [0.25, 0.3) is 0 Å². The van der Waals surface area contributed by atoms with E-state index in [2.05, 4.69) is 54.9 Å². The third kappa shape index (κ3) is 7.56. The number of carbonyl (C=O) groups excluding carboxylic acids is 1. The molecule has 0 spiro atoms. The van der Waals surface area contributed by atoms with Gasteiger partial charge in [-0.25, -0.2) is 10.9 Å². The van der Waals surface area contributed by atoms with Crippen molar-refractivity contribution in [2.45, 2.75) is 82.0 Å². The van der Waals surface area contributed by atoms with Crippen molar-refractivity contribution in [1.82, 2.24) is 5.32 Å². The summed E-state index contributed by atoms with van der Waals surface area (Å²) in [4.78, 5) is 12.0. The molecule has 1 aliphatic rings. The highest BCUT2D eigenvalue weighted by molar-refractivity contribution is 8.16. The van der Waals surface area contributed by atoms with Gasteiger partial charge in [-0.2, -0.15) is 0 Å². The molecule has 1 aliphatic heterocycles. The summed E-state index contributed by atoms with van der Waals surface area (Å²) in [5.74, 6) is 0.512. The predicted molar refractivity (Wildman–Crippen MR) is 148 cm³/mol. The summed E-state index contributed by atoms with van der Waals surface area (Å²) in [6.07, 6.45) is 3.07. The van der Waals surface area contributed by atoms with E-state index in [1.165, 1.54) is 22.3 Å². The minimum atomic E-state index is -1.10. The molecule has 7 heteroatoms. The largest absolute Gasteiger partial charge is 0.394 e. The first-order chi connectivity index (χ1) is 17.0. The third-order valence-electron chi connectivity index (χ3n) is 7.14. The van der Waals surface area contributed by atoms with Gasteiger partial charge >= 0.3 is 0 Å². The van der Waals surface area contributed by atoms with Gasteiger partial charge in [-0.05, 0) is 80.5 Å². The van der Waals surface area contributed by atoms with Crippen molar-refractivity contribution < 1.29 is 25.2 Å². The monoisotopic (exact) mass is 517 g/mol. The fraction of sp³-hybridized carbons (Fsp3) is 0.552. The Labute approximate surface area is 218 Å². The molecule has 0 aliphatic carbocycles. The number of carbonyl (C=O) groups is 1. The van der Waals surface area contributed by atoms with Crippen LogP contribution in [0.2, 0.25) is 0 Å². The second-order valence-corrected chi connectivity index (χ2v) is 13.3. The number of nitrogens with one attached hydrogen (secondary N) is 1. The number of aryl methyl sites for hydroxylation is 2. The molecule has 1 unspecified atom stereocenters. The van der Waals surface area contributed by atoms with E-state index in [-0.39, 0.29) is 17.8 Å². The van der Waals surface area contributed by atoms with E-state index in [0.29, 0.717) is 12.2 Å². The molecule has 6 nitrogen and oxygen atoms in total. The molecular weight excluding hydrogens is 474 g/mol. The van der Waals surface area contributed by atoms with Gasteiger partial charge in [0, 0.05) is 17.4 Å². The molecule has 5 N–H and O–H groups in total. The van der Waals surface area contributed by atoms with Crippen molar-refractivity contribution in [3.05, 3.63) is 70.3 Å². The Morgan fingerprint density at radius 3 is 2.36 bits per heavy atom. The van der Waals surface area contributed by atoms with Crippen molar-refractivity contribution in [1.29, 1.82) is 0 Å². The van der Waals surface area contributed by atoms with E-state index in [1.54, 1.807) is 13.8 Å². The molecule has 5 atom stereocenters. The molecule has 1 fully saturated rings. The molecule has 0 saturated carbocycles. The van der Waals surface area contributed by atoms with Crippen LogP contribution in [0.3, 0.4) is 0 Å². The van der Waals surface area contributed by atoms with Crippen LogP contribution in [-0.4, -0.2) is 68.8 Å². The van der Waals surface area contributed by atoms with Gasteiger partial charge < -0.3 is 25.7 Å². The van der Waals surface area contributed by atoms with Crippen LogP contribution in [0, 0.1) is 6.92 Å². The lowest BCUT2D eigenvalue weighted by Gasteiger charge is -2.42. The summed E-state index contributed by atoms with van der Waals surface area (Å²) in [7, 11) is -0.638. The van der Waals surface area contributed by atoms with Crippen LogP contribution >= 0.6 is 10.9 Å². The van der Waals surface area contributed by atoms with Crippen LogP contribution in [-0.2, 0) is 17.6 Å². The Hall–Kier alpha value is -1.90. The van der Waals surface area contributed by atoms with Gasteiger partial charge in [0.2, 0.25) is 5.91 Å². The van der Waals surface area contributed by atoms with Gasteiger partial charge in [0.15, 0.2) is 0 Å². The van der Waals surface area contributed by atoms with Crippen LogP contribution in [0.15, 0.2) is 42.5 Å². The molecule has 0 radical (unpaired) electrons. The second kappa shape index (κ2) is 12.6. The number of thiol groups is 1. The van der Waals surface area contributed by atoms with Crippen LogP contribution in [0.5, 0.6) is 0 Å². The molecule has 1 saturated heterocycles. The first-order valence-electron chi connectivity index (χ1n) is 12.8. The van der Waals surface area contributed by atoms with E-state index in [1.807, 2.05) is 6.07 Å². The zero-order chi connectivity index (χ0) is 26.5. The van der Waals surface area contributed by atoms with Gasteiger partial charge in [0.25, 0.3) is 0 Å². The van der Waals surface area contributed by atoms with Crippen molar-refractivity contribution in [3.8, 4) is 0 Å². The molecule has 2 aromatic rings. The molecule has 200 valence electrons. The molecule has 0 bridgehead atoms. The van der Waals surface area contributed by atoms with E-state index in [0.717, 1.165) is 31.2 Å². The molecule has 1 amide bonds. The van der Waals surface area contributed by atoms with Crippen LogP contribution in [0.1, 0.15) is 66.2 Å². The number of hydrogen-bond donors (Lipinski definition) is 6. The smallest absolute Gasteiger partial charge is 0.220 e. The van der Waals surface area contributed by atoms with Gasteiger partial charge in [-0.15, -0.1) is 0 Å². The fourth-order valence-electron chi connectivity index (χ4n) is 4.85. The summed E-state index contributed by atoms with van der Waals surface area (Å²) in [5, 5.41) is 42.9. The Balaban J connectivity index is 1.56. The minimum Gasteiger partial charge on any atom is -0.394 e. The number of aliphatic hydroxyl groups is 4. The number of rotatable bonds is 10. The molecule has 36 heavy (non-hydrogen) atoms. The number of aliphatic hydroxyl groups excluding tert-OH is 4. The first-order valence-corrected chi connectivity index (χ1v) is 14.9. The Morgan fingerprint density at radius 1 is 1.03 bits per heavy atom. The lowest BCUT2D eigenvalue weighted by atomic mass is 9.93. The van der Waals surface area contributed by atoms with Crippen molar-refractivity contribution in [2.75, 3.05) is 18.6 Å². The average molecular weight is 518 g/mol. The highest BCUT2D eigenvalue weighted by Crippen LogP contribution is 2.48. The number of amides is 1. The standard InChI is InChI=1S/C29H43NO5S/c1-19-9-14-22(28-27(35)26(34)24(32)17-36(28)4)16-23(19)15-21-12-10-20(11-13-21)7-5-6-8-25(33)30-29(2,3)18-31/h9-14,16,24,26-28,31-32,34-36H,5-8,15,17-18H2,1-4H3,(H,30,33)/t24-,26-,27-,28+/m1/s1. The maximum atomic E-state index is 12.0. The normalized spacial score (nSPS) is 25.5. The topological polar surface area (TPSA) is 110 Å². The SMILES string of the molecule is Cc1ccc([C@H]2[C@H](O)[C@H](O)[C@H](O)C[SH]2C)cc1Cc1ccc(CCCCC(=O)NC(C)(C)CO)cc1. The minimum absolute atomic E-state index is 0.0240. The molecule has 0 aromatic heterocycles. The second-order valence-electron chi connectivity index (χ2n) is 10.9.